The Morgan fingerprint density at radius 2 is 1.68 bits per heavy atom. The molecule has 2 aromatic rings. The zero-order chi connectivity index (χ0) is 19.7. The smallest absolute Gasteiger partial charge is 0.350 e. The topological polar surface area (TPSA) is 55.8 Å². The molecule has 1 spiro atoms. The summed E-state index contributed by atoms with van der Waals surface area (Å²) in [6.07, 6.45) is 4.91. The fraction of sp³-hybridized carbons (Fsp3) is 0.304. The first kappa shape index (κ1) is 18.4. The molecule has 0 aliphatic carbocycles. The summed E-state index contributed by atoms with van der Waals surface area (Å²) in [6.45, 7) is 2.11. The molecular weight excluding hydrogens is 354 g/mol. The quantitative estimate of drug-likeness (QED) is 0.762. The van der Waals surface area contributed by atoms with Gasteiger partial charge in [-0.25, -0.2) is 14.5 Å². The number of benzene rings is 2. The van der Waals surface area contributed by atoms with Gasteiger partial charge >= 0.3 is 17.8 Å². The zero-order valence-corrected chi connectivity index (χ0v) is 16.1. The number of nitrogens with zero attached hydrogens (tertiary/aromatic N) is 1. The molecule has 2 aromatic carbocycles. The summed E-state index contributed by atoms with van der Waals surface area (Å²) in [4.78, 5) is 26.7. The van der Waals surface area contributed by atoms with E-state index in [1.165, 1.54) is 0 Å². The number of ether oxygens (including phenoxy) is 2. The maximum atomic E-state index is 12.4. The number of carbonyl (C=O) groups excluding carboxylic acids is 2. The van der Waals surface area contributed by atoms with Gasteiger partial charge in [0.25, 0.3) is 0 Å². The fourth-order valence-electron chi connectivity index (χ4n) is 4.18. The third kappa shape index (κ3) is 3.02. The van der Waals surface area contributed by atoms with Crippen molar-refractivity contribution in [3.05, 3.63) is 71.8 Å². The minimum atomic E-state index is -1.59. The molecule has 2 aliphatic heterocycles. The van der Waals surface area contributed by atoms with Gasteiger partial charge in [0.15, 0.2) is 0 Å². The Bertz CT molecular complexity index is 915. The third-order valence-electron chi connectivity index (χ3n) is 5.47. The van der Waals surface area contributed by atoms with Gasteiger partial charge < -0.3 is 9.47 Å². The molecule has 0 amide bonds. The van der Waals surface area contributed by atoms with Crippen LogP contribution >= 0.6 is 0 Å². The van der Waals surface area contributed by atoms with Crippen LogP contribution in [0.25, 0.3) is 11.1 Å². The molecule has 0 aromatic heterocycles. The predicted molar refractivity (Wildman–Crippen MR) is 105 cm³/mol. The second kappa shape index (κ2) is 7.24. The van der Waals surface area contributed by atoms with Crippen molar-refractivity contribution < 1.29 is 19.1 Å². The van der Waals surface area contributed by atoms with E-state index in [-0.39, 0.29) is 6.04 Å². The van der Waals surface area contributed by atoms with E-state index in [9.17, 15) is 9.59 Å². The molecule has 0 radical (unpaired) electrons. The van der Waals surface area contributed by atoms with Crippen LogP contribution in [-0.4, -0.2) is 29.9 Å². The second-order valence-corrected chi connectivity index (χ2v) is 7.22. The van der Waals surface area contributed by atoms with Crippen LogP contribution in [0.4, 0.5) is 0 Å². The van der Waals surface area contributed by atoms with Gasteiger partial charge in [-0.05, 0) is 36.6 Å². The van der Waals surface area contributed by atoms with Crippen LogP contribution in [0.5, 0.6) is 0 Å². The van der Waals surface area contributed by atoms with E-state index in [2.05, 4.69) is 6.92 Å². The van der Waals surface area contributed by atoms with Crippen LogP contribution in [0, 0.1) is 0 Å². The Labute approximate surface area is 164 Å². The molecule has 5 heteroatoms. The van der Waals surface area contributed by atoms with E-state index in [1.807, 2.05) is 60.5 Å². The number of fused-ring (bicyclic) bond motifs is 2. The van der Waals surface area contributed by atoms with E-state index in [1.54, 1.807) is 0 Å². The summed E-state index contributed by atoms with van der Waals surface area (Å²) in [7, 11) is 1.86. The van der Waals surface area contributed by atoms with Gasteiger partial charge in [-0.3, -0.25) is 0 Å². The summed E-state index contributed by atoms with van der Waals surface area (Å²) in [5.41, 5.74) is 3.62. The molecule has 5 nitrogen and oxygen atoms in total. The molecule has 4 rings (SSSR count). The Kier molecular flexibility index (Phi) is 4.77. The minimum Gasteiger partial charge on any atom is -0.401 e. The molecule has 144 valence electrons. The lowest BCUT2D eigenvalue weighted by Gasteiger charge is -2.47. The third-order valence-corrected chi connectivity index (χ3v) is 5.47. The summed E-state index contributed by atoms with van der Waals surface area (Å²) < 4.78 is 11.7. The molecule has 1 unspecified atom stereocenters. The summed E-state index contributed by atoms with van der Waals surface area (Å²) in [5, 5.41) is 0. The largest absolute Gasteiger partial charge is 0.401 e. The molecule has 0 N–H and O–H groups in total. The lowest BCUT2D eigenvalue weighted by Crippen LogP contribution is -2.57. The molecule has 0 fully saturated rings. The average Bonchev–Trinajstić information content (AvgIpc) is 2.85. The normalized spacial score (nSPS) is 21.0. The van der Waals surface area contributed by atoms with E-state index in [4.69, 9.17) is 9.47 Å². The maximum absolute atomic E-state index is 12.4. The van der Waals surface area contributed by atoms with Gasteiger partial charge in [0.05, 0.1) is 5.56 Å². The van der Waals surface area contributed by atoms with E-state index in [0.29, 0.717) is 0 Å². The Morgan fingerprint density at radius 1 is 1.00 bits per heavy atom. The van der Waals surface area contributed by atoms with Crippen molar-refractivity contribution >= 4 is 11.9 Å². The van der Waals surface area contributed by atoms with Gasteiger partial charge in [0, 0.05) is 18.2 Å². The number of hydrogen-bond donors (Lipinski definition) is 0. The van der Waals surface area contributed by atoms with Crippen molar-refractivity contribution in [1.29, 1.82) is 0 Å². The number of likely N-dealkylation sites (N-methyl/N-ethyl adjacent to an activating group) is 1. The lowest BCUT2D eigenvalue weighted by molar-refractivity contribution is -0.298. The van der Waals surface area contributed by atoms with Crippen molar-refractivity contribution in [1.82, 2.24) is 4.90 Å². The predicted octanol–water partition coefficient (Wildman–Crippen LogP) is 3.78. The highest BCUT2D eigenvalue weighted by Crippen LogP contribution is 2.46. The van der Waals surface area contributed by atoms with Crippen molar-refractivity contribution in [3.8, 4) is 11.1 Å². The average molecular weight is 377 g/mol. The van der Waals surface area contributed by atoms with E-state index in [0.717, 1.165) is 53.7 Å². The van der Waals surface area contributed by atoms with Crippen molar-refractivity contribution in [3.63, 3.8) is 0 Å². The number of esters is 2. The molecule has 1 atom stereocenters. The van der Waals surface area contributed by atoms with Crippen LogP contribution in [0.1, 0.15) is 30.9 Å². The van der Waals surface area contributed by atoms with Crippen molar-refractivity contribution in [2.45, 2.75) is 38.1 Å². The zero-order valence-electron chi connectivity index (χ0n) is 16.1. The minimum absolute atomic E-state index is 0.0854. The van der Waals surface area contributed by atoms with Crippen molar-refractivity contribution in [2.75, 3.05) is 7.05 Å². The van der Waals surface area contributed by atoms with Gasteiger partial charge in [0.2, 0.25) is 0 Å². The number of carbonyl (C=O) groups is 2. The summed E-state index contributed by atoms with van der Waals surface area (Å²) in [5.74, 6) is -2.77. The van der Waals surface area contributed by atoms with Gasteiger partial charge in [0.1, 0.15) is 0 Å². The molecule has 2 aliphatic rings. The van der Waals surface area contributed by atoms with Gasteiger partial charge in [-0.15, -0.1) is 0 Å². The van der Waals surface area contributed by atoms with Gasteiger partial charge in [-0.2, -0.15) is 0 Å². The molecule has 28 heavy (non-hydrogen) atoms. The van der Waals surface area contributed by atoms with Crippen LogP contribution in [0.2, 0.25) is 0 Å². The molecule has 0 saturated heterocycles. The SMILES string of the molecule is CCCC1Cc2cccc(-c3ccccc3)c2C2(OC(=O)C=CC(=O)O2)N1C. The molecule has 0 bridgehead atoms. The Hall–Kier alpha value is -2.92. The maximum Gasteiger partial charge on any atom is 0.350 e. The molecule has 0 saturated carbocycles. The number of rotatable bonds is 3. The summed E-state index contributed by atoms with van der Waals surface area (Å²) >= 11 is 0. The van der Waals surface area contributed by atoms with Crippen molar-refractivity contribution in [2.24, 2.45) is 0 Å². The van der Waals surface area contributed by atoms with Crippen LogP contribution in [0.3, 0.4) is 0 Å². The van der Waals surface area contributed by atoms with Crippen LogP contribution < -0.4 is 0 Å². The fourth-order valence-corrected chi connectivity index (χ4v) is 4.18. The van der Waals surface area contributed by atoms with Crippen LogP contribution in [0.15, 0.2) is 60.7 Å². The van der Waals surface area contributed by atoms with E-state index < -0.39 is 17.8 Å². The lowest BCUT2D eigenvalue weighted by atomic mass is 9.84. The number of hydrogen-bond acceptors (Lipinski definition) is 5. The molecule has 2 heterocycles. The first-order valence-electron chi connectivity index (χ1n) is 9.60. The van der Waals surface area contributed by atoms with Gasteiger partial charge in [-0.1, -0.05) is 61.9 Å². The van der Waals surface area contributed by atoms with Crippen LogP contribution in [-0.2, 0) is 31.4 Å². The van der Waals surface area contributed by atoms with E-state index >= 15 is 0 Å². The molecular formula is C23H23NO4. The first-order chi connectivity index (χ1) is 13.5. The highest BCUT2D eigenvalue weighted by Gasteiger charge is 2.53. The first-order valence-corrected chi connectivity index (χ1v) is 9.60. The highest BCUT2D eigenvalue weighted by atomic mass is 16.8. The second-order valence-electron chi connectivity index (χ2n) is 7.22. The Balaban J connectivity index is 1.97. The highest BCUT2D eigenvalue weighted by molar-refractivity contribution is 5.93. The summed E-state index contributed by atoms with van der Waals surface area (Å²) in [6, 6.07) is 16.0. The Morgan fingerprint density at radius 3 is 2.32 bits per heavy atom. The standard InChI is InChI=1S/C23H23NO4/c1-3-8-18-15-17-11-7-12-19(16-9-5-4-6-10-16)22(17)23(24(18)2)27-20(25)13-14-21(26)28-23/h4-7,9-14,18H,3,8,15H2,1-2H3. The monoisotopic (exact) mass is 377 g/mol.